The van der Waals surface area contributed by atoms with Crippen LogP contribution < -0.4 is 0 Å². The molecule has 0 saturated carbocycles. The minimum Gasteiger partial charge on any atom is -0.281 e. The van der Waals surface area contributed by atoms with Crippen LogP contribution in [0, 0.1) is 0 Å². The molecule has 0 amide bonds. The van der Waals surface area contributed by atoms with Crippen molar-refractivity contribution in [3.63, 3.8) is 0 Å². The van der Waals surface area contributed by atoms with E-state index in [2.05, 4.69) is 114 Å². The topological polar surface area (TPSA) is 3.24 Å². The summed E-state index contributed by atoms with van der Waals surface area (Å²) < 4.78 is 0. The molecule has 150 valence electrons. The normalized spacial score (nSPS) is 16.4. The first kappa shape index (κ1) is 19.6. The van der Waals surface area contributed by atoms with Gasteiger partial charge >= 0.3 is 0 Å². The van der Waals surface area contributed by atoms with Crippen LogP contribution in [0.1, 0.15) is 33.2 Å². The SMILES string of the molecule is CN(C1CSCc2sccc21)C(c1ccccc1)(c1ccccc1)c1ccccc1. The highest BCUT2D eigenvalue weighted by molar-refractivity contribution is 7.98. The largest absolute Gasteiger partial charge is 0.281 e. The van der Waals surface area contributed by atoms with Gasteiger partial charge < -0.3 is 0 Å². The summed E-state index contributed by atoms with van der Waals surface area (Å²) in [5.41, 5.74) is 5.03. The summed E-state index contributed by atoms with van der Waals surface area (Å²) in [5, 5.41) is 2.26. The van der Waals surface area contributed by atoms with Crippen molar-refractivity contribution in [3.05, 3.63) is 130 Å². The van der Waals surface area contributed by atoms with E-state index in [0.717, 1.165) is 11.5 Å². The Morgan fingerprint density at radius 3 is 1.73 bits per heavy atom. The smallest absolute Gasteiger partial charge is 0.0975 e. The lowest BCUT2D eigenvalue weighted by Gasteiger charge is -2.48. The maximum atomic E-state index is 2.62. The molecule has 1 aromatic heterocycles. The van der Waals surface area contributed by atoms with Crippen LogP contribution in [0.5, 0.6) is 0 Å². The van der Waals surface area contributed by atoms with Gasteiger partial charge in [-0.15, -0.1) is 11.3 Å². The van der Waals surface area contributed by atoms with Crippen LogP contribution in [0.25, 0.3) is 0 Å². The summed E-state index contributed by atoms with van der Waals surface area (Å²) in [6.07, 6.45) is 0. The highest BCUT2D eigenvalue weighted by atomic mass is 32.2. The van der Waals surface area contributed by atoms with E-state index in [1.807, 2.05) is 23.1 Å². The number of hydrogen-bond donors (Lipinski definition) is 0. The molecule has 3 aromatic carbocycles. The van der Waals surface area contributed by atoms with Crippen molar-refractivity contribution in [1.82, 2.24) is 4.90 Å². The molecule has 5 rings (SSSR count). The number of fused-ring (bicyclic) bond motifs is 1. The molecular weight excluding hydrogens is 402 g/mol. The quantitative estimate of drug-likeness (QED) is 0.317. The third-order valence-electron chi connectivity index (χ3n) is 6.22. The van der Waals surface area contributed by atoms with E-state index in [-0.39, 0.29) is 5.54 Å². The Kier molecular flexibility index (Phi) is 5.51. The molecule has 3 heteroatoms. The molecule has 4 aromatic rings. The first-order valence-corrected chi connectivity index (χ1v) is 12.4. The van der Waals surface area contributed by atoms with Crippen LogP contribution in [0.4, 0.5) is 0 Å². The average molecular weight is 428 g/mol. The summed E-state index contributed by atoms with van der Waals surface area (Å²) in [6.45, 7) is 0. The van der Waals surface area contributed by atoms with Crippen LogP contribution in [-0.2, 0) is 11.3 Å². The number of benzene rings is 3. The number of thioether (sulfide) groups is 1. The van der Waals surface area contributed by atoms with Crippen molar-refractivity contribution < 1.29 is 0 Å². The highest BCUT2D eigenvalue weighted by Crippen LogP contribution is 2.48. The molecule has 0 radical (unpaired) electrons. The minimum atomic E-state index is -0.369. The fraction of sp³-hybridized carbons (Fsp3) is 0.185. The second kappa shape index (κ2) is 8.43. The molecule has 30 heavy (non-hydrogen) atoms. The number of hydrogen-bond acceptors (Lipinski definition) is 3. The number of nitrogens with zero attached hydrogens (tertiary/aromatic N) is 1. The van der Waals surface area contributed by atoms with Gasteiger partial charge in [0.2, 0.25) is 0 Å². The van der Waals surface area contributed by atoms with Crippen molar-refractivity contribution in [1.29, 1.82) is 0 Å². The average Bonchev–Trinajstić information content (AvgIpc) is 3.31. The predicted octanol–water partition coefficient (Wildman–Crippen LogP) is 6.96. The van der Waals surface area contributed by atoms with Gasteiger partial charge in [-0.2, -0.15) is 11.8 Å². The zero-order valence-corrected chi connectivity index (χ0v) is 18.7. The molecule has 1 aliphatic rings. The van der Waals surface area contributed by atoms with Crippen LogP contribution in [0.15, 0.2) is 102 Å². The summed E-state index contributed by atoms with van der Waals surface area (Å²) in [4.78, 5) is 4.14. The maximum Gasteiger partial charge on any atom is 0.0975 e. The number of thiophene rings is 1. The molecule has 0 fully saturated rings. The number of rotatable bonds is 5. The zero-order valence-electron chi connectivity index (χ0n) is 17.1. The van der Waals surface area contributed by atoms with Gasteiger partial charge in [0.1, 0.15) is 0 Å². The van der Waals surface area contributed by atoms with Crippen molar-refractivity contribution in [2.24, 2.45) is 0 Å². The molecule has 1 atom stereocenters. The van der Waals surface area contributed by atoms with E-state index in [1.165, 1.54) is 27.1 Å². The molecule has 0 bridgehead atoms. The second-order valence-electron chi connectivity index (χ2n) is 7.75. The van der Waals surface area contributed by atoms with Crippen molar-refractivity contribution >= 4 is 23.1 Å². The van der Waals surface area contributed by atoms with Gasteiger partial charge in [0.15, 0.2) is 0 Å². The van der Waals surface area contributed by atoms with E-state index in [1.54, 1.807) is 0 Å². The standard InChI is InChI=1S/C27H25NS2/c1-28(25-19-29-20-26-24(25)17-18-30-26)27(21-11-5-2-6-12-21,22-13-7-3-8-14-22)23-15-9-4-10-16-23/h2-18,25H,19-20H2,1H3. The molecule has 2 heterocycles. The molecule has 1 aliphatic heterocycles. The Hall–Kier alpha value is -2.33. The van der Waals surface area contributed by atoms with E-state index in [4.69, 9.17) is 0 Å². The van der Waals surface area contributed by atoms with Gasteiger partial charge in [0, 0.05) is 22.4 Å². The first-order chi connectivity index (χ1) is 14.8. The molecular formula is C27H25NS2. The molecule has 0 spiro atoms. The van der Waals surface area contributed by atoms with Gasteiger partial charge in [-0.1, -0.05) is 91.0 Å². The molecule has 1 nitrogen and oxygen atoms in total. The summed E-state index contributed by atoms with van der Waals surface area (Å²) in [6, 6.07) is 35.7. The van der Waals surface area contributed by atoms with Crippen LogP contribution in [0.3, 0.4) is 0 Å². The Labute approximate surface area is 187 Å². The van der Waals surface area contributed by atoms with Crippen LogP contribution >= 0.6 is 23.1 Å². The van der Waals surface area contributed by atoms with Crippen LogP contribution in [0.2, 0.25) is 0 Å². The zero-order chi connectivity index (χ0) is 20.4. The summed E-state index contributed by atoms with van der Waals surface area (Å²) in [5.74, 6) is 2.24. The van der Waals surface area contributed by atoms with E-state index >= 15 is 0 Å². The lowest BCUT2D eigenvalue weighted by Crippen LogP contribution is -2.48. The third kappa shape index (κ3) is 3.22. The lowest BCUT2D eigenvalue weighted by atomic mass is 9.75. The highest BCUT2D eigenvalue weighted by Gasteiger charge is 2.44. The molecule has 1 unspecified atom stereocenters. The maximum absolute atomic E-state index is 2.62. The third-order valence-corrected chi connectivity index (χ3v) is 8.38. The van der Waals surface area contributed by atoms with Gasteiger partial charge in [0.25, 0.3) is 0 Å². The first-order valence-electron chi connectivity index (χ1n) is 10.4. The summed E-state index contributed by atoms with van der Waals surface area (Å²) >= 11 is 3.95. The van der Waals surface area contributed by atoms with Crippen molar-refractivity contribution in [2.75, 3.05) is 12.8 Å². The molecule has 0 N–H and O–H groups in total. The fourth-order valence-electron chi connectivity index (χ4n) is 4.82. The Balaban J connectivity index is 1.79. The fourth-order valence-corrected chi connectivity index (χ4v) is 7.16. The van der Waals surface area contributed by atoms with Gasteiger partial charge in [-0.05, 0) is 40.7 Å². The van der Waals surface area contributed by atoms with Crippen LogP contribution in [-0.4, -0.2) is 17.7 Å². The minimum absolute atomic E-state index is 0.352. The Morgan fingerprint density at radius 2 is 1.23 bits per heavy atom. The predicted molar refractivity (Wildman–Crippen MR) is 130 cm³/mol. The van der Waals surface area contributed by atoms with E-state index < -0.39 is 0 Å². The van der Waals surface area contributed by atoms with Gasteiger partial charge in [-0.3, -0.25) is 4.90 Å². The molecule has 0 saturated heterocycles. The monoisotopic (exact) mass is 427 g/mol. The van der Waals surface area contributed by atoms with Gasteiger partial charge in [0.05, 0.1) is 5.54 Å². The van der Waals surface area contributed by atoms with Gasteiger partial charge in [-0.25, -0.2) is 0 Å². The summed E-state index contributed by atoms with van der Waals surface area (Å²) in [7, 11) is 2.31. The Morgan fingerprint density at radius 1 is 0.733 bits per heavy atom. The lowest BCUT2D eigenvalue weighted by molar-refractivity contribution is 0.147. The second-order valence-corrected chi connectivity index (χ2v) is 9.78. The molecule has 0 aliphatic carbocycles. The van der Waals surface area contributed by atoms with E-state index in [9.17, 15) is 0 Å². The van der Waals surface area contributed by atoms with Crippen molar-refractivity contribution in [2.45, 2.75) is 17.3 Å². The van der Waals surface area contributed by atoms with E-state index in [0.29, 0.717) is 6.04 Å². The Bertz CT molecular complexity index is 993. The van der Waals surface area contributed by atoms with Crippen molar-refractivity contribution in [3.8, 4) is 0 Å².